The van der Waals surface area contributed by atoms with Gasteiger partial charge in [0.25, 0.3) is 0 Å². The standard InChI is InChI=1S/C9H7BrN2O/c1-5-6(10)2-3-7-9(5)8(4-13)12-11-7/h2-4H,1H3,(H,11,12). The van der Waals surface area contributed by atoms with Gasteiger partial charge in [-0.25, -0.2) is 0 Å². The molecule has 2 aromatic rings. The minimum absolute atomic E-state index is 0.536. The Labute approximate surface area is 83.3 Å². The molecule has 0 atom stereocenters. The second-order valence-electron chi connectivity index (χ2n) is 2.82. The van der Waals surface area contributed by atoms with Gasteiger partial charge in [-0.1, -0.05) is 15.9 Å². The molecule has 3 nitrogen and oxygen atoms in total. The van der Waals surface area contributed by atoms with Gasteiger partial charge < -0.3 is 0 Å². The summed E-state index contributed by atoms with van der Waals surface area (Å²) in [5.74, 6) is 0. The van der Waals surface area contributed by atoms with Crippen molar-refractivity contribution >= 4 is 33.1 Å². The monoisotopic (exact) mass is 238 g/mol. The molecule has 2 rings (SSSR count). The summed E-state index contributed by atoms with van der Waals surface area (Å²) >= 11 is 3.41. The predicted octanol–water partition coefficient (Wildman–Crippen LogP) is 2.45. The van der Waals surface area contributed by atoms with E-state index in [2.05, 4.69) is 26.1 Å². The Morgan fingerprint density at radius 2 is 2.31 bits per heavy atom. The predicted molar refractivity (Wildman–Crippen MR) is 53.9 cm³/mol. The molecule has 0 radical (unpaired) electrons. The maximum Gasteiger partial charge on any atom is 0.168 e. The normalized spacial score (nSPS) is 10.6. The van der Waals surface area contributed by atoms with Crippen molar-refractivity contribution in [1.82, 2.24) is 10.2 Å². The van der Waals surface area contributed by atoms with E-state index >= 15 is 0 Å². The molecule has 4 heteroatoms. The number of carbonyl (C=O) groups excluding carboxylic acids is 1. The first kappa shape index (κ1) is 8.44. The van der Waals surface area contributed by atoms with Gasteiger partial charge in [-0.05, 0) is 24.6 Å². The van der Waals surface area contributed by atoms with Gasteiger partial charge >= 0.3 is 0 Å². The summed E-state index contributed by atoms with van der Waals surface area (Å²) in [5, 5.41) is 7.60. The molecule has 0 spiro atoms. The highest BCUT2D eigenvalue weighted by atomic mass is 79.9. The van der Waals surface area contributed by atoms with E-state index in [0.717, 1.165) is 27.2 Å². The van der Waals surface area contributed by atoms with Crippen LogP contribution in [-0.4, -0.2) is 16.5 Å². The Bertz CT molecular complexity index is 476. The molecule has 0 aliphatic carbocycles. The van der Waals surface area contributed by atoms with Crippen molar-refractivity contribution in [3.8, 4) is 0 Å². The molecule has 0 amide bonds. The molecule has 1 N–H and O–H groups in total. The maximum absolute atomic E-state index is 10.7. The minimum atomic E-state index is 0.536. The van der Waals surface area contributed by atoms with Crippen LogP contribution in [-0.2, 0) is 0 Å². The van der Waals surface area contributed by atoms with Crippen LogP contribution in [0.15, 0.2) is 16.6 Å². The average Bonchev–Trinajstić information content (AvgIpc) is 2.55. The number of rotatable bonds is 1. The van der Waals surface area contributed by atoms with E-state index in [1.54, 1.807) is 0 Å². The summed E-state index contributed by atoms with van der Waals surface area (Å²) in [6.07, 6.45) is 0.786. The fourth-order valence-electron chi connectivity index (χ4n) is 1.37. The third-order valence-corrected chi connectivity index (χ3v) is 2.92. The number of fused-ring (bicyclic) bond motifs is 1. The number of aldehydes is 1. The van der Waals surface area contributed by atoms with Crippen LogP contribution in [0.25, 0.3) is 10.9 Å². The molecule has 1 aromatic carbocycles. The summed E-state index contributed by atoms with van der Waals surface area (Å²) < 4.78 is 0.990. The molecule has 0 saturated heterocycles. The molecular weight excluding hydrogens is 232 g/mol. The number of nitrogens with one attached hydrogen (secondary N) is 1. The minimum Gasteiger partial charge on any atom is -0.296 e. The van der Waals surface area contributed by atoms with E-state index < -0.39 is 0 Å². The van der Waals surface area contributed by atoms with Gasteiger partial charge in [0.15, 0.2) is 6.29 Å². The van der Waals surface area contributed by atoms with Gasteiger partial charge in [0.2, 0.25) is 0 Å². The first-order chi connectivity index (χ1) is 6.24. The topological polar surface area (TPSA) is 45.8 Å². The molecule has 0 aliphatic rings. The highest BCUT2D eigenvalue weighted by Gasteiger charge is 2.08. The smallest absolute Gasteiger partial charge is 0.168 e. The van der Waals surface area contributed by atoms with Gasteiger partial charge in [-0.2, -0.15) is 5.10 Å². The van der Waals surface area contributed by atoms with Crippen molar-refractivity contribution in [1.29, 1.82) is 0 Å². The molecule has 66 valence electrons. The van der Waals surface area contributed by atoms with Crippen molar-refractivity contribution in [2.24, 2.45) is 0 Å². The lowest BCUT2D eigenvalue weighted by atomic mass is 10.1. The Morgan fingerprint density at radius 3 is 3.00 bits per heavy atom. The van der Waals surface area contributed by atoms with E-state index in [0.29, 0.717) is 5.69 Å². The third kappa shape index (κ3) is 1.18. The molecule has 0 fully saturated rings. The number of halogens is 1. The van der Waals surface area contributed by atoms with E-state index in [4.69, 9.17) is 0 Å². The molecule has 0 aliphatic heterocycles. The SMILES string of the molecule is Cc1c(Br)ccc2n[nH]c(C=O)c12. The first-order valence-corrected chi connectivity index (χ1v) is 4.61. The van der Waals surface area contributed by atoms with E-state index in [1.165, 1.54) is 0 Å². The highest BCUT2D eigenvalue weighted by Crippen LogP contribution is 2.25. The zero-order valence-corrected chi connectivity index (χ0v) is 8.55. The van der Waals surface area contributed by atoms with Crippen LogP contribution in [0.1, 0.15) is 16.1 Å². The summed E-state index contributed by atoms with van der Waals surface area (Å²) in [6, 6.07) is 3.79. The van der Waals surface area contributed by atoms with Crippen molar-refractivity contribution in [2.75, 3.05) is 0 Å². The second kappa shape index (κ2) is 2.96. The molecule has 0 saturated carbocycles. The number of aromatic nitrogens is 2. The number of aromatic amines is 1. The van der Waals surface area contributed by atoms with Crippen molar-refractivity contribution < 1.29 is 4.79 Å². The van der Waals surface area contributed by atoms with Gasteiger partial charge in [-0.3, -0.25) is 9.89 Å². The van der Waals surface area contributed by atoms with Crippen molar-refractivity contribution in [3.05, 3.63) is 27.9 Å². The first-order valence-electron chi connectivity index (χ1n) is 3.82. The number of aryl methyl sites for hydroxylation is 1. The van der Waals surface area contributed by atoms with E-state index in [1.807, 2.05) is 19.1 Å². The Balaban J connectivity index is 2.93. The average molecular weight is 239 g/mol. The lowest BCUT2D eigenvalue weighted by Crippen LogP contribution is -1.83. The van der Waals surface area contributed by atoms with Crippen LogP contribution in [0.5, 0.6) is 0 Å². The van der Waals surface area contributed by atoms with Gasteiger partial charge in [0.05, 0.1) is 5.52 Å². The molecule has 13 heavy (non-hydrogen) atoms. The summed E-state index contributed by atoms with van der Waals surface area (Å²) in [4.78, 5) is 10.7. The quantitative estimate of drug-likeness (QED) is 0.777. The van der Waals surface area contributed by atoms with Crippen LogP contribution in [0.3, 0.4) is 0 Å². The lowest BCUT2D eigenvalue weighted by molar-refractivity contribution is 0.112. The number of hydrogen-bond acceptors (Lipinski definition) is 2. The Kier molecular flexibility index (Phi) is 1.92. The van der Waals surface area contributed by atoms with Crippen molar-refractivity contribution in [3.63, 3.8) is 0 Å². The lowest BCUT2D eigenvalue weighted by Gasteiger charge is -1.98. The van der Waals surface area contributed by atoms with Gasteiger partial charge in [-0.15, -0.1) is 0 Å². The maximum atomic E-state index is 10.7. The number of hydrogen-bond donors (Lipinski definition) is 1. The number of nitrogens with zero attached hydrogens (tertiary/aromatic N) is 1. The molecule has 0 unspecified atom stereocenters. The van der Waals surface area contributed by atoms with Crippen LogP contribution in [0.4, 0.5) is 0 Å². The number of carbonyl (C=O) groups is 1. The van der Waals surface area contributed by atoms with Crippen LogP contribution < -0.4 is 0 Å². The zero-order chi connectivity index (χ0) is 9.42. The van der Waals surface area contributed by atoms with Gasteiger partial charge in [0.1, 0.15) is 5.69 Å². The van der Waals surface area contributed by atoms with Crippen molar-refractivity contribution in [2.45, 2.75) is 6.92 Å². The van der Waals surface area contributed by atoms with E-state index in [-0.39, 0.29) is 0 Å². The molecule has 1 aromatic heterocycles. The number of benzene rings is 1. The fourth-order valence-corrected chi connectivity index (χ4v) is 1.70. The zero-order valence-electron chi connectivity index (χ0n) is 6.97. The molecule has 1 heterocycles. The second-order valence-corrected chi connectivity index (χ2v) is 3.68. The summed E-state index contributed by atoms with van der Waals surface area (Å²) in [7, 11) is 0. The summed E-state index contributed by atoms with van der Waals surface area (Å²) in [6.45, 7) is 1.95. The molecular formula is C9H7BrN2O. The Morgan fingerprint density at radius 1 is 1.54 bits per heavy atom. The highest BCUT2D eigenvalue weighted by molar-refractivity contribution is 9.10. The molecule has 0 bridgehead atoms. The van der Waals surface area contributed by atoms with Crippen LogP contribution in [0, 0.1) is 6.92 Å². The Hall–Kier alpha value is -1.16. The van der Waals surface area contributed by atoms with Crippen LogP contribution >= 0.6 is 15.9 Å². The third-order valence-electron chi connectivity index (χ3n) is 2.06. The fraction of sp³-hybridized carbons (Fsp3) is 0.111. The van der Waals surface area contributed by atoms with E-state index in [9.17, 15) is 4.79 Å². The van der Waals surface area contributed by atoms with Gasteiger partial charge in [0, 0.05) is 9.86 Å². The summed E-state index contributed by atoms with van der Waals surface area (Å²) in [5.41, 5.74) is 2.39. The number of H-pyrrole nitrogens is 1. The largest absolute Gasteiger partial charge is 0.296 e. The van der Waals surface area contributed by atoms with Crippen LogP contribution in [0.2, 0.25) is 0 Å².